The largest absolute Gasteiger partial charge is 0.348 e. The zero-order valence-corrected chi connectivity index (χ0v) is 13.0. The maximum absolute atomic E-state index is 12.1. The Kier molecular flexibility index (Phi) is 4.81. The molecule has 0 spiro atoms. The van der Waals surface area contributed by atoms with Gasteiger partial charge in [-0.25, -0.2) is 0 Å². The zero-order valence-electron chi connectivity index (χ0n) is 9.30. The third-order valence-electron chi connectivity index (χ3n) is 2.81. The molecule has 17 heavy (non-hydrogen) atoms. The van der Waals surface area contributed by atoms with Crippen LogP contribution in [0.3, 0.4) is 0 Å². The third kappa shape index (κ3) is 3.66. The Labute approximate surface area is 123 Å². The van der Waals surface area contributed by atoms with Crippen molar-refractivity contribution < 1.29 is 4.79 Å². The van der Waals surface area contributed by atoms with E-state index in [1.807, 2.05) is 18.2 Å². The Morgan fingerprint density at radius 1 is 1.53 bits per heavy atom. The van der Waals surface area contributed by atoms with Crippen molar-refractivity contribution in [1.82, 2.24) is 10.6 Å². The van der Waals surface area contributed by atoms with Crippen LogP contribution in [-0.2, 0) is 0 Å². The molecule has 1 atom stereocenters. The van der Waals surface area contributed by atoms with Crippen molar-refractivity contribution in [3.05, 3.63) is 31.8 Å². The molecule has 2 rings (SSSR count). The number of hydrogen-bond acceptors (Lipinski definition) is 2. The summed E-state index contributed by atoms with van der Waals surface area (Å²) in [5, 5.41) is 6.36. The quantitative estimate of drug-likeness (QED) is 0.738. The summed E-state index contributed by atoms with van der Waals surface area (Å²) in [6.07, 6.45) is 2.18. The Morgan fingerprint density at radius 2 is 2.35 bits per heavy atom. The van der Waals surface area contributed by atoms with Crippen LogP contribution < -0.4 is 10.6 Å². The second-order valence-corrected chi connectivity index (χ2v) is 6.24. The fourth-order valence-electron chi connectivity index (χ4n) is 1.91. The van der Waals surface area contributed by atoms with E-state index in [9.17, 15) is 4.79 Å². The Hall–Kier alpha value is -0.140. The molecule has 0 unspecified atom stereocenters. The van der Waals surface area contributed by atoms with Gasteiger partial charge in [0.05, 0.1) is 5.56 Å². The van der Waals surface area contributed by atoms with Crippen LogP contribution in [0.4, 0.5) is 0 Å². The molecule has 2 N–H and O–H groups in total. The van der Waals surface area contributed by atoms with Crippen molar-refractivity contribution in [3.8, 4) is 0 Å². The van der Waals surface area contributed by atoms with Crippen LogP contribution in [-0.4, -0.2) is 25.0 Å². The minimum atomic E-state index is 0.00379. The lowest BCUT2D eigenvalue weighted by Gasteiger charge is -2.24. The standard InChI is InChI=1S/C12H14BrIN2O/c13-11-4-3-8(14)6-10(11)12(17)16-9-2-1-5-15-7-9/h3-4,6,9,15H,1-2,5,7H2,(H,16,17)/t9-/m1/s1. The molecule has 0 aliphatic carbocycles. The predicted molar refractivity (Wildman–Crippen MR) is 80.2 cm³/mol. The molecule has 0 radical (unpaired) electrons. The van der Waals surface area contributed by atoms with Gasteiger partial charge in [0.1, 0.15) is 0 Å². The van der Waals surface area contributed by atoms with E-state index in [1.54, 1.807) is 0 Å². The van der Waals surface area contributed by atoms with E-state index in [2.05, 4.69) is 49.2 Å². The summed E-state index contributed by atoms with van der Waals surface area (Å²) in [5.74, 6) is 0.00379. The summed E-state index contributed by atoms with van der Waals surface area (Å²) in [5.41, 5.74) is 0.711. The predicted octanol–water partition coefficient (Wildman–Crippen LogP) is 2.54. The van der Waals surface area contributed by atoms with Crippen LogP contribution in [0, 0.1) is 3.57 Å². The molecule has 1 aliphatic rings. The van der Waals surface area contributed by atoms with Crippen molar-refractivity contribution in [3.63, 3.8) is 0 Å². The van der Waals surface area contributed by atoms with Gasteiger partial charge in [0.15, 0.2) is 0 Å². The van der Waals surface area contributed by atoms with Gasteiger partial charge < -0.3 is 10.6 Å². The van der Waals surface area contributed by atoms with Crippen LogP contribution in [0.5, 0.6) is 0 Å². The average Bonchev–Trinajstić information content (AvgIpc) is 2.33. The number of nitrogens with one attached hydrogen (secondary N) is 2. The molecule has 92 valence electrons. The fraction of sp³-hybridized carbons (Fsp3) is 0.417. The van der Waals surface area contributed by atoms with Crippen molar-refractivity contribution in [2.24, 2.45) is 0 Å². The van der Waals surface area contributed by atoms with Gasteiger partial charge in [-0.2, -0.15) is 0 Å². The molecule has 0 bridgehead atoms. The van der Waals surface area contributed by atoms with E-state index in [1.165, 1.54) is 0 Å². The van der Waals surface area contributed by atoms with Gasteiger partial charge in [0, 0.05) is 20.6 Å². The number of halogens is 2. The van der Waals surface area contributed by atoms with Crippen LogP contribution in [0.15, 0.2) is 22.7 Å². The fourth-order valence-corrected chi connectivity index (χ4v) is 2.83. The van der Waals surface area contributed by atoms with E-state index in [0.29, 0.717) is 5.56 Å². The molecular weight excluding hydrogens is 395 g/mol. The second-order valence-electron chi connectivity index (χ2n) is 4.14. The van der Waals surface area contributed by atoms with E-state index < -0.39 is 0 Å². The van der Waals surface area contributed by atoms with Crippen LogP contribution >= 0.6 is 38.5 Å². The third-order valence-corrected chi connectivity index (χ3v) is 4.17. The Balaban J connectivity index is 2.05. The summed E-state index contributed by atoms with van der Waals surface area (Å²) in [6, 6.07) is 6.04. The number of benzene rings is 1. The van der Waals surface area contributed by atoms with E-state index >= 15 is 0 Å². The molecule has 5 heteroatoms. The van der Waals surface area contributed by atoms with Gasteiger partial charge in [-0.15, -0.1) is 0 Å². The second kappa shape index (κ2) is 6.15. The first-order valence-corrected chi connectivity index (χ1v) is 7.50. The van der Waals surface area contributed by atoms with Gasteiger partial charge in [-0.3, -0.25) is 4.79 Å². The van der Waals surface area contributed by atoms with Crippen molar-refractivity contribution in [2.45, 2.75) is 18.9 Å². The Morgan fingerprint density at radius 3 is 3.06 bits per heavy atom. The zero-order chi connectivity index (χ0) is 12.3. The summed E-state index contributed by atoms with van der Waals surface area (Å²) < 4.78 is 1.91. The molecule has 1 fully saturated rings. The molecule has 1 aliphatic heterocycles. The lowest BCUT2D eigenvalue weighted by Crippen LogP contribution is -2.45. The van der Waals surface area contributed by atoms with Gasteiger partial charge in [0.25, 0.3) is 5.91 Å². The molecule has 0 aromatic heterocycles. The SMILES string of the molecule is O=C(N[C@@H]1CCCNC1)c1cc(I)ccc1Br. The molecule has 1 heterocycles. The number of amides is 1. The number of carbonyl (C=O) groups excluding carboxylic acids is 1. The lowest BCUT2D eigenvalue weighted by atomic mass is 10.1. The molecule has 1 saturated heterocycles. The first-order chi connectivity index (χ1) is 8.16. The number of rotatable bonds is 2. The highest BCUT2D eigenvalue weighted by Gasteiger charge is 2.17. The van der Waals surface area contributed by atoms with E-state index in [4.69, 9.17) is 0 Å². The monoisotopic (exact) mass is 408 g/mol. The summed E-state index contributed by atoms with van der Waals surface area (Å²) in [7, 11) is 0. The Bertz CT molecular complexity index is 419. The minimum absolute atomic E-state index is 0.00379. The lowest BCUT2D eigenvalue weighted by molar-refractivity contribution is 0.0930. The molecule has 1 aromatic rings. The average molecular weight is 409 g/mol. The minimum Gasteiger partial charge on any atom is -0.348 e. The van der Waals surface area contributed by atoms with Crippen molar-refractivity contribution in [1.29, 1.82) is 0 Å². The number of carbonyl (C=O) groups is 1. The van der Waals surface area contributed by atoms with Crippen molar-refractivity contribution in [2.75, 3.05) is 13.1 Å². The maximum Gasteiger partial charge on any atom is 0.252 e. The summed E-state index contributed by atoms with van der Waals surface area (Å²) >= 11 is 5.63. The summed E-state index contributed by atoms with van der Waals surface area (Å²) in [4.78, 5) is 12.1. The van der Waals surface area contributed by atoms with E-state index in [-0.39, 0.29) is 11.9 Å². The van der Waals surface area contributed by atoms with Crippen LogP contribution in [0.1, 0.15) is 23.2 Å². The normalized spacial score (nSPS) is 20.0. The van der Waals surface area contributed by atoms with Gasteiger partial charge >= 0.3 is 0 Å². The molecule has 3 nitrogen and oxygen atoms in total. The first-order valence-electron chi connectivity index (χ1n) is 5.63. The summed E-state index contributed by atoms with van der Waals surface area (Å²) in [6.45, 7) is 1.92. The molecule has 0 saturated carbocycles. The molecule has 1 amide bonds. The highest BCUT2D eigenvalue weighted by Crippen LogP contribution is 2.19. The van der Waals surface area contributed by atoms with Gasteiger partial charge in [-0.05, 0) is 76.1 Å². The maximum atomic E-state index is 12.1. The number of piperidine rings is 1. The van der Waals surface area contributed by atoms with E-state index in [0.717, 1.165) is 34.0 Å². The first kappa shape index (κ1) is 13.3. The smallest absolute Gasteiger partial charge is 0.252 e. The van der Waals surface area contributed by atoms with Crippen molar-refractivity contribution >= 4 is 44.4 Å². The molecule has 1 aromatic carbocycles. The van der Waals surface area contributed by atoms with Gasteiger partial charge in [-0.1, -0.05) is 0 Å². The highest BCUT2D eigenvalue weighted by molar-refractivity contribution is 14.1. The van der Waals surface area contributed by atoms with Crippen LogP contribution in [0.2, 0.25) is 0 Å². The molecular formula is C12H14BrIN2O. The number of hydrogen-bond donors (Lipinski definition) is 2. The van der Waals surface area contributed by atoms with Crippen LogP contribution in [0.25, 0.3) is 0 Å². The highest BCUT2D eigenvalue weighted by atomic mass is 127. The van der Waals surface area contributed by atoms with Gasteiger partial charge in [0.2, 0.25) is 0 Å². The topological polar surface area (TPSA) is 41.1 Å².